The lowest BCUT2D eigenvalue weighted by atomic mass is 9.94. The molecule has 3 nitrogen and oxygen atoms in total. The number of hydrogen-bond acceptors (Lipinski definition) is 2. The van der Waals surface area contributed by atoms with Crippen LogP contribution in [0.1, 0.15) is 11.1 Å². The van der Waals surface area contributed by atoms with Crippen LogP contribution in [0.3, 0.4) is 0 Å². The van der Waals surface area contributed by atoms with Crippen LogP contribution in [0.25, 0.3) is 11.3 Å². The van der Waals surface area contributed by atoms with Crippen molar-refractivity contribution in [3.05, 3.63) is 51.8 Å². The van der Waals surface area contributed by atoms with Gasteiger partial charge in [-0.05, 0) is 37.1 Å². The summed E-state index contributed by atoms with van der Waals surface area (Å²) in [6, 6.07) is 6.39. The third kappa shape index (κ3) is 2.73. The summed E-state index contributed by atoms with van der Waals surface area (Å²) in [4.78, 5) is 11.8. The van der Waals surface area contributed by atoms with Crippen LogP contribution in [-0.2, 0) is 13.0 Å². The SMILES string of the molecule is Cc1c2n(ccc1=O)CCc1cc(OCC(F)(F)F)ccc1-2. The molecule has 1 aliphatic heterocycles. The Kier molecular flexibility index (Phi) is 3.47. The van der Waals surface area contributed by atoms with E-state index in [1.165, 1.54) is 12.1 Å². The van der Waals surface area contributed by atoms with Gasteiger partial charge in [0.25, 0.3) is 0 Å². The number of nitrogens with zero attached hydrogens (tertiary/aromatic N) is 1. The van der Waals surface area contributed by atoms with Crippen molar-refractivity contribution in [3.8, 4) is 17.0 Å². The molecule has 0 spiro atoms. The van der Waals surface area contributed by atoms with E-state index in [2.05, 4.69) is 0 Å². The average molecular weight is 309 g/mol. The fraction of sp³-hybridized carbons (Fsp3) is 0.312. The molecule has 116 valence electrons. The van der Waals surface area contributed by atoms with Crippen molar-refractivity contribution >= 4 is 0 Å². The van der Waals surface area contributed by atoms with Crippen LogP contribution < -0.4 is 10.2 Å². The van der Waals surface area contributed by atoms with E-state index in [1.54, 1.807) is 25.3 Å². The van der Waals surface area contributed by atoms with Gasteiger partial charge in [0, 0.05) is 29.9 Å². The van der Waals surface area contributed by atoms with E-state index >= 15 is 0 Å². The summed E-state index contributed by atoms with van der Waals surface area (Å²) in [6.45, 7) is 1.14. The van der Waals surface area contributed by atoms with E-state index in [9.17, 15) is 18.0 Å². The number of fused-ring (bicyclic) bond motifs is 3. The highest BCUT2D eigenvalue weighted by Crippen LogP contribution is 2.33. The van der Waals surface area contributed by atoms with Gasteiger partial charge in [0.1, 0.15) is 5.75 Å². The molecule has 0 amide bonds. The van der Waals surface area contributed by atoms with Gasteiger partial charge in [-0.15, -0.1) is 0 Å². The zero-order chi connectivity index (χ0) is 15.9. The number of pyridine rings is 1. The Hall–Kier alpha value is -2.24. The average Bonchev–Trinajstić information content (AvgIpc) is 2.47. The van der Waals surface area contributed by atoms with E-state index < -0.39 is 12.8 Å². The van der Waals surface area contributed by atoms with Gasteiger partial charge < -0.3 is 9.30 Å². The lowest BCUT2D eigenvalue weighted by molar-refractivity contribution is -0.153. The molecule has 0 saturated carbocycles. The maximum atomic E-state index is 12.2. The molecule has 2 heterocycles. The topological polar surface area (TPSA) is 31.2 Å². The van der Waals surface area contributed by atoms with Crippen LogP contribution in [-0.4, -0.2) is 17.4 Å². The summed E-state index contributed by atoms with van der Waals surface area (Å²) in [5.41, 5.74) is 3.20. The summed E-state index contributed by atoms with van der Waals surface area (Å²) < 4.78 is 43.4. The molecule has 0 unspecified atom stereocenters. The smallest absolute Gasteiger partial charge is 0.422 e. The highest BCUT2D eigenvalue weighted by Gasteiger charge is 2.28. The van der Waals surface area contributed by atoms with Gasteiger partial charge in [-0.3, -0.25) is 4.79 Å². The summed E-state index contributed by atoms with van der Waals surface area (Å²) in [6.07, 6.45) is -1.91. The predicted molar refractivity (Wildman–Crippen MR) is 76.1 cm³/mol. The minimum absolute atomic E-state index is 0.0449. The van der Waals surface area contributed by atoms with E-state index in [4.69, 9.17) is 4.74 Å². The Bertz CT molecular complexity index is 778. The third-order valence-corrected chi connectivity index (χ3v) is 3.77. The number of aromatic nitrogens is 1. The quantitative estimate of drug-likeness (QED) is 0.852. The maximum absolute atomic E-state index is 12.2. The first-order valence-corrected chi connectivity index (χ1v) is 6.88. The Balaban J connectivity index is 1.98. The normalized spacial score (nSPS) is 13.5. The number of rotatable bonds is 2. The molecule has 0 N–H and O–H groups in total. The molecule has 0 atom stereocenters. The van der Waals surface area contributed by atoms with Gasteiger partial charge in [-0.1, -0.05) is 0 Å². The second kappa shape index (κ2) is 5.19. The van der Waals surface area contributed by atoms with Crippen molar-refractivity contribution in [2.75, 3.05) is 6.61 Å². The van der Waals surface area contributed by atoms with Gasteiger partial charge in [-0.25, -0.2) is 0 Å². The predicted octanol–water partition coefficient (Wildman–Crippen LogP) is 3.32. The Morgan fingerprint density at radius 3 is 2.77 bits per heavy atom. The second-order valence-electron chi connectivity index (χ2n) is 5.32. The molecule has 0 saturated heterocycles. The monoisotopic (exact) mass is 309 g/mol. The zero-order valence-corrected chi connectivity index (χ0v) is 11.9. The molecular formula is C16H14F3NO2. The molecule has 22 heavy (non-hydrogen) atoms. The summed E-state index contributed by atoms with van der Waals surface area (Å²) in [7, 11) is 0. The van der Waals surface area contributed by atoms with Crippen LogP contribution in [0.5, 0.6) is 5.75 Å². The molecule has 1 aliphatic rings. The van der Waals surface area contributed by atoms with Gasteiger partial charge in [0.15, 0.2) is 12.0 Å². The van der Waals surface area contributed by atoms with E-state index in [1.807, 2.05) is 4.57 Å². The Morgan fingerprint density at radius 2 is 2.05 bits per heavy atom. The van der Waals surface area contributed by atoms with Crippen molar-refractivity contribution in [2.45, 2.75) is 26.1 Å². The molecule has 2 aromatic rings. The first-order chi connectivity index (χ1) is 10.3. The number of halogens is 3. The molecule has 1 aromatic carbocycles. The van der Waals surface area contributed by atoms with E-state index in [0.717, 1.165) is 16.8 Å². The van der Waals surface area contributed by atoms with Crippen LogP contribution in [0.4, 0.5) is 13.2 Å². The highest BCUT2D eigenvalue weighted by molar-refractivity contribution is 5.69. The zero-order valence-electron chi connectivity index (χ0n) is 11.9. The van der Waals surface area contributed by atoms with Gasteiger partial charge >= 0.3 is 6.18 Å². The summed E-state index contributed by atoms with van der Waals surface area (Å²) in [5, 5.41) is 0. The third-order valence-electron chi connectivity index (χ3n) is 3.77. The second-order valence-corrected chi connectivity index (χ2v) is 5.32. The molecule has 0 fully saturated rings. The number of benzene rings is 1. The van der Waals surface area contributed by atoms with Gasteiger partial charge in [0.2, 0.25) is 0 Å². The fourth-order valence-corrected chi connectivity index (χ4v) is 2.74. The molecule has 3 rings (SSSR count). The maximum Gasteiger partial charge on any atom is 0.422 e. The molecule has 1 aromatic heterocycles. The van der Waals surface area contributed by atoms with E-state index in [-0.39, 0.29) is 11.2 Å². The molecular weight excluding hydrogens is 295 g/mol. The number of hydrogen-bond donors (Lipinski definition) is 0. The Labute approximate surface area is 125 Å². The minimum atomic E-state index is -4.35. The number of alkyl halides is 3. The van der Waals surface area contributed by atoms with Crippen molar-refractivity contribution < 1.29 is 17.9 Å². The number of ether oxygens (including phenoxy) is 1. The fourth-order valence-electron chi connectivity index (χ4n) is 2.74. The van der Waals surface area contributed by atoms with Crippen LogP contribution in [0.2, 0.25) is 0 Å². The Morgan fingerprint density at radius 1 is 1.27 bits per heavy atom. The van der Waals surface area contributed by atoms with Crippen molar-refractivity contribution in [2.24, 2.45) is 0 Å². The molecule has 0 aliphatic carbocycles. The van der Waals surface area contributed by atoms with Crippen LogP contribution in [0, 0.1) is 6.92 Å². The lowest BCUT2D eigenvalue weighted by Crippen LogP contribution is -2.20. The molecule has 0 radical (unpaired) electrons. The van der Waals surface area contributed by atoms with Gasteiger partial charge in [0.05, 0.1) is 5.69 Å². The van der Waals surface area contributed by atoms with Gasteiger partial charge in [-0.2, -0.15) is 13.2 Å². The minimum Gasteiger partial charge on any atom is -0.484 e. The van der Waals surface area contributed by atoms with Crippen LogP contribution in [0.15, 0.2) is 35.3 Å². The number of aryl methyl sites for hydroxylation is 2. The van der Waals surface area contributed by atoms with E-state index in [0.29, 0.717) is 18.5 Å². The summed E-state index contributed by atoms with van der Waals surface area (Å²) >= 11 is 0. The summed E-state index contributed by atoms with van der Waals surface area (Å²) in [5.74, 6) is 0.195. The standard InChI is InChI=1S/C16H14F3NO2/c1-10-14(21)5-7-20-6-4-11-8-12(22-9-16(17,18)19)2-3-13(11)15(10)20/h2-3,5,7-8H,4,6,9H2,1H3. The first kappa shape index (κ1) is 14.7. The van der Waals surface area contributed by atoms with Crippen molar-refractivity contribution in [1.82, 2.24) is 4.57 Å². The first-order valence-electron chi connectivity index (χ1n) is 6.88. The van der Waals surface area contributed by atoms with Crippen molar-refractivity contribution in [1.29, 1.82) is 0 Å². The molecule has 0 bridgehead atoms. The lowest BCUT2D eigenvalue weighted by Gasteiger charge is -2.24. The highest BCUT2D eigenvalue weighted by atomic mass is 19.4. The van der Waals surface area contributed by atoms with Crippen molar-refractivity contribution in [3.63, 3.8) is 0 Å². The largest absolute Gasteiger partial charge is 0.484 e. The van der Waals surface area contributed by atoms with Crippen LogP contribution >= 0.6 is 0 Å². The molecule has 6 heteroatoms.